The Morgan fingerprint density at radius 3 is 2.74 bits per heavy atom. The summed E-state index contributed by atoms with van der Waals surface area (Å²) in [5, 5.41) is 21.3. The number of pyridine rings is 1. The van der Waals surface area contributed by atoms with Gasteiger partial charge in [0.15, 0.2) is 0 Å². The standard InChI is InChI=1S/C36H52N2O5/c1-6-7-9-24-14-32(43-31(24)19-38(5)18-30-25(20-39)10-8-13-37-30)35-17-27-23(4)11-12-28(27)34(21-40)16-26(35)15-29(22(2)3)36(34,35)33(41)42/h8,10,13,15,21-24,26-28,31-32,39H,6-7,9,11-12,14,16-20H2,1-5H3,(H,41,42)/t23-,24?,26?,27-,28-,31?,32?,34?,35?,36?/m1/s1. The molecule has 3 saturated carbocycles. The number of carbonyl (C=O) groups excluding carboxylic acids is 1. The first-order valence-corrected chi connectivity index (χ1v) is 16.9. The zero-order chi connectivity index (χ0) is 30.7. The zero-order valence-electron chi connectivity index (χ0n) is 26.8. The van der Waals surface area contributed by atoms with Crippen LogP contribution in [0.3, 0.4) is 0 Å². The maximum atomic E-state index is 14.0. The van der Waals surface area contributed by atoms with Gasteiger partial charge in [0.05, 0.1) is 29.9 Å². The predicted molar refractivity (Wildman–Crippen MR) is 165 cm³/mol. The molecule has 1 aromatic rings. The summed E-state index contributed by atoms with van der Waals surface area (Å²) in [7, 11) is 2.08. The van der Waals surface area contributed by atoms with Crippen LogP contribution in [0.4, 0.5) is 0 Å². The van der Waals surface area contributed by atoms with Crippen LogP contribution < -0.4 is 0 Å². The molecule has 236 valence electrons. The number of rotatable bonds is 12. The summed E-state index contributed by atoms with van der Waals surface area (Å²) in [6, 6.07) is 3.77. The van der Waals surface area contributed by atoms with Crippen LogP contribution in [0, 0.1) is 51.8 Å². The van der Waals surface area contributed by atoms with E-state index in [1.165, 1.54) is 0 Å². The van der Waals surface area contributed by atoms with Gasteiger partial charge >= 0.3 is 5.97 Å². The fraction of sp³-hybridized carbons (Fsp3) is 0.750. The van der Waals surface area contributed by atoms with Crippen molar-refractivity contribution >= 4 is 12.3 Å². The van der Waals surface area contributed by atoms with Crippen molar-refractivity contribution in [1.29, 1.82) is 0 Å². The smallest absolute Gasteiger partial charge is 0.315 e. The number of likely N-dealkylation sites (N-methyl/N-ethyl adjacent to an activating group) is 1. The number of aliphatic hydroxyl groups excluding tert-OH is 1. The van der Waals surface area contributed by atoms with E-state index in [0.717, 1.165) is 74.6 Å². The first-order chi connectivity index (χ1) is 20.6. The predicted octanol–water partition coefficient (Wildman–Crippen LogP) is 5.89. The number of aldehydes is 1. The minimum absolute atomic E-state index is 0.0186. The molecule has 0 radical (unpaired) electrons. The van der Waals surface area contributed by atoms with Crippen molar-refractivity contribution in [2.24, 2.45) is 51.8 Å². The number of carboxylic acid groups (broad SMARTS) is 1. The fourth-order valence-corrected chi connectivity index (χ4v) is 11.3. The van der Waals surface area contributed by atoms with Crippen molar-refractivity contribution in [3.63, 3.8) is 0 Å². The van der Waals surface area contributed by atoms with Crippen molar-refractivity contribution in [3.05, 3.63) is 41.2 Å². The number of fused-ring (bicyclic) bond motifs is 2. The molecule has 0 amide bonds. The Hall–Kier alpha value is -2.09. The van der Waals surface area contributed by atoms with Gasteiger partial charge in [-0.15, -0.1) is 0 Å². The molecular formula is C36H52N2O5. The van der Waals surface area contributed by atoms with Gasteiger partial charge in [0, 0.05) is 30.3 Å². The molecule has 0 spiro atoms. The van der Waals surface area contributed by atoms with Gasteiger partial charge in [-0.25, -0.2) is 0 Å². The minimum Gasteiger partial charge on any atom is -0.481 e. The molecule has 43 heavy (non-hydrogen) atoms. The molecule has 4 aliphatic carbocycles. The first-order valence-electron chi connectivity index (χ1n) is 16.9. The lowest BCUT2D eigenvalue weighted by atomic mass is 9.41. The molecule has 0 aromatic carbocycles. The summed E-state index contributed by atoms with van der Waals surface area (Å²) < 4.78 is 7.23. The van der Waals surface area contributed by atoms with Crippen molar-refractivity contribution < 1.29 is 24.5 Å². The highest BCUT2D eigenvalue weighted by Gasteiger charge is 2.86. The Balaban J connectivity index is 1.38. The lowest BCUT2D eigenvalue weighted by molar-refractivity contribution is -0.197. The molecule has 7 heteroatoms. The van der Waals surface area contributed by atoms with E-state index in [1.807, 2.05) is 12.1 Å². The Bertz CT molecular complexity index is 1260. The molecule has 4 fully saturated rings. The number of aromatic nitrogens is 1. The van der Waals surface area contributed by atoms with Crippen LogP contribution >= 0.6 is 0 Å². The highest BCUT2D eigenvalue weighted by molar-refractivity contribution is 5.90. The molecule has 1 saturated heterocycles. The van der Waals surface area contributed by atoms with E-state index in [0.29, 0.717) is 30.7 Å². The van der Waals surface area contributed by atoms with E-state index in [2.05, 4.69) is 50.7 Å². The normalized spacial score (nSPS) is 41.2. The third-order valence-electron chi connectivity index (χ3n) is 12.9. The second-order valence-corrected chi connectivity index (χ2v) is 15.1. The summed E-state index contributed by atoms with van der Waals surface area (Å²) in [4.78, 5) is 34.3. The van der Waals surface area contributed by atoms with E-state index in [9.17, 15) is 19.8 Å². The zero-order valence-corrected chi connectivity index (χ0v) is 26.8. The summed E-state index contributed by atoms with van der Waals surface area (Å²) in [6.45, 7) is 10.1. The number of carboxylic acids is 1. The first kappa shape index (κ1) is 30.9. The van der Waals surface area contributed by atoms with Gasteiger partial charge < -0.3 is 19.7 Å². The molecule has 6 rings (SSSR count). The number of aliphatic carboxylic acids is 1. The third kappa shape index (κ3) is 4.20. The maximum absolute atomic E-state index is 14.0. The quantitative estimate of drug-likeness (QED) is 0.230. The summed E-state index contributed by atoms with van der Waals surface area (Å²) >= 11 is 0. The van der Waals surface area contributed by atoms with Gasteiger partial charge in [-0.3, -0.25) is 14.7 Å². The summed E-state index contributed by atoms with van der Waals surface area (Å²) in [5.41, 5.74) is 0.0505. The Morgan fingerprint density at radius 1 is 1.28 bits per heavy atom. The number of ether oxygens (including phenoxy) is 1. The molecule has 2 N–H and O–H groups in total. The summed E-state index contributed by atoms with van der Waals surface area (Å²) in [5.74, 6) is 0.650. The number of carbonyl (C=O) groups is 2. The molecular weight excluding hydrogens is 540 g/mol. The monoisotopic (exact) mass is 592 g/mol. The van der Waals surface area contributed by atoms with E-state index >= 15 is 0 Å². The third-order valence-corrected chi connectivity index (χ3v) is 12.9. The van der Waals surface area contributed by atoms with Crippen molar-refractivity contribution in [2.45, 2.75) is 104 Å². The molecule has 7 nitrogen and oxygen atoms in total. The SMILES string of the molecule is CCCCC1CC(C23C[C@@H]4[C@H](C)CC[C@H]4C4(C=O)CC2C=C(C(C)C)C34C(=O)O)OC1CN(C)Cc1ncccc1CO. The molecule has 4 bridgehead atoms. The van der Waals surface area contributed by atoms with Crippen LogP contribution in [-0.4, -0.2) is 58.2 Å². The second kappa shape index (κ2) is 11.4. The van der Waals surface area contributed by atoms with E-state index in [-0.39, 0.29) is 36.6 Å². The van der Waals surface area contributed by atoms with Gasteiger partial charge in [-0.05, 0) is 80.7 Å². The van der Waals surface area contributed by atoms with Crippen LogP contribution in [0.15, 0.2) is 30.0 Å². The lowest BCUT2D eigenvalue weighted by Gasteiger charge is -2.60. The van der Waals surface area contributed by atoms with E-state index in [1.54, 1.807) is 6.20 Å². The van der Waals surface area contributed by atoms with E-state index in [4.69, 9.17) is 4.74 Å². The van der Waals surface area contributed by atoms with Gasteiger partial charge in [0.25, 0.3) is 0 Å². The van der Waals surface area contributed by atoms with Gasteiger partial charge in [-0.2, -0.15) is 0 Å². The minimum atomic E-state index is -1.20. The Labute approximate surface area is 257 Å². The number of allylic oxidation sites excluding steroid dienone is 1. The lowest BCUT2D eigenvalue weighted by Crippen LogP contribution is -2.65. The topological polar surface area (TPSA) is 100.0 Å². The van der Waals surface area contributed by atoms with Crippen LogP contribution in [0.25, 0.3) is 0 Å². The number of hydrogen-bond acceptors (Lipinski definition) is 6. The summed E-state index contributed by atoms with van der Waals surface area (Å²) in [6.07, 6.45) is 12.7. The molecule has 1 aliphatic heterocycles. The maximum Gasteiger partial charge on any atom is 0.315 e. The average molecular weight is 593 g/mol. The van der Waals surface area contributed by atoms with Gasteiger partial charge in [0.1, 0.15) is 11.7 Å². The highest BCUT2D eigenvalue weighted by Crippen LogP contribution is 2.84. The van der Waals surface area contributed by atoms with Crippen molar-refractivity contribution in [3.8, 4) is 0 Å². The van der Waals surface area contributed by atoms with E-state index < -0.39 is 22.2 Å². The average Bonchev–Trinajstić information content (AvgIpc) is 3.69. The second-order valence-electron chi connectivity index (χ2n) is 15.1. The molecule has 2 heterocycles. The van der Waals surface area contributed by atoms with Crippen molar-refractivity contribution in [1.82, 2.24) is 9.88 Å². The largest absolute Gasteiger partial charge is 0.481 e. The van der Waals surface area contributed by atoms with Gasteiger partial charge in [-0.1, -0.05) is 64.7 Å². The van der Waals surface area contributed by atoms with Crippen molar-refractivity contribution in [2.75, 3.05) is 13.6 Å². The molecule has 10 atom stereocenters. The van der Waals surface area contributed by atoms with Crippen LogP contribution in [-0.2, 0) is 27.5 Å². The van der Waals surface area contributed by atoms with Crippen LogP contribution in [0.5, 0.6) is 0 Å². The number of aliphatic hydroxyl groups is 1. The number of hydrogen-bond donors (Lipinski definition) is 2. The fourth-order valence-electron chi connectivity index (χ4n) is 11.3. The highest BCUT2D eigenvalue weighted by atomic mass is 16.5. The van der Waals surface area contributed by atoms with Crippen LogP contribution in [0.2, 0.25) is 0 Å². The Kier molecular flexibility index (Phi) is 8.17. The molecule has 7 unspecified atom stereocenters. The number of nitrogens with zero attached hydrogens (tertiary/aromatic N) is 2. The molecule has 5 aliphatic rings. The van der Waals surface area contributed by atoms with Gasteiger partial charge in [0.2, 0.25) is 0 Å². The Morgan fingerprint density at radius 2 is 2.07 bits per heavy atom. The number of unbranched alkanes of at least 4 members (excludes halogenated alkanes) is 1. The molecule has 1 aromatic heterocycles. The van der Waals surface area contributed by atoms with Crippen LogP contribution in [0.1, 0.15) is 90.3 Å².